The average molecular weight is 1480 g/mol. The molecule has 0 saturated carbocycles. The zero-order valence-electron chi connectivity index (χ0n) is 55.1. The van der Waals surface area contributed by atoms with Crippen LogP contribution in [0.4, 0.5) is 30.2 Å². The van der Waals surface area contributed by atoms with Crippen molar-refractivity contribution in [1.29, 1.82) is 0 Å². The Kier molecular flexibility index (Phi) is 25.6. The van der Waals surface area contributed by atoms with E-state index in [4.69, 9.17) is 36.7 Å². The van der Waals surface area contributed by atoms with Gasteiger partial charge < -0.3 is 60.7 Å². The smallest absolute Gasteiger partial charge is 0.141 e. The highest BCUT2D eigenvalue weighted by atomic mass is 32.2. The number of phenols is 6. The number of phenolic OH excluding ortho intramolecular Hbond substituents is 6. The van der Waals surface area contributed by atoms with Crippen molar-refractivity contribution in [2.24, 2.45) is 0 Å². The lowest BCUT2D eigenvalue weighted by Gasteiger charge is -2.30. The molecule has 13 rings (SSSR count). The van der Waals surface area contributed by atoms with Crippen molar-refractivity contribution >= 4 is 102 Å². The van der Waals surface area contributed by atoms with Gasteiger partial charge in [0, 0.05) is 61.6 Å². The van der Waals surface area contributed by atoms with Crippen molar-refractivity contribution < 1.29 is 59.1 Å². The summed E-state index contributed by atoms with van der Waals surface area (Å²) in [7, 11) is 0. The first-order chi connectivity index (χ1) is 49.3. The number of thiocarbonyl (C=S) groups is 3. The summed E-state index contributed by atoms with van der Waals surface area (Å²) in [6.07, 6.45) is 4.10. The van der Waals surface area contributed by atoms with Crippen LogP contribution >= 0.6 is 71.9 Å². The third kappa shape index (κ3) is 18.6. The van der Waals surface area contributed by atoms with Crippen LogP contribution < -0.4 is 14.7 Å². The van der Waals surface area contributed by atoms with Gasteiger partial charge in [0.1, 0.15) is 64.9 Å². The molecule has 3 heterocycles. The molecule has 0 aromatic heterocycles. The van der Waals surface area contributed by atoms with Gasteiger partial charge in [-0.2, -0.15) is 0 Å². The van der Waals surface area contributed by atoms with E-state index in [0.717, 1.165) is 85.2 Å². The highest BCUT2D eigenvalue weighted by Crippen LogP contribution is 2.53. The van der Waals surface area contributed by atoms with Gasteiger partial charge in [-0.3, -0.25) is 0 Å². The maximum atomic E-state index is 13.3. The van der Waals surface area contributed by atoms with Crippen LogP contribution in [-0.2, 0) is 0 Å². The normalized spacial score (nSPS) is 18.8. The van der Waals surface area contributed by atoms with Crippen molar-refractivity contribution in [2.75, 3.05) is 14.7 Å². The van der Waals surface area contributed by atoms with E-state index < -0.39 is 18.3 Å². The Morgan fingerprint density at radius 2 is 0.618 bits per heavy atom. The van der Waals surface area contributed by atoms with Crippen LogP contribution in [0.25, 0.3) is 11.1 Å². The minimum Gasteiger partial charge on any atom is -0.508 e. The second-order valence-electron chi connectivity index (χ2n) is 25.0. The number of hydrogen-bond acceptors (Lipinski definition) is 15. The van der Waals surface area contributed by atoms with Gasteiger partial charge >= 0.3 is 0 Å². The van der Waals surface area contributed by atoms with Gasteiger partial charge in [-0.05, 0) is 201 Å². The van der Waals surface area contributed by atoms with E-state index in [0.29, 0.717) is 47.1 Å². The van der Waals surface area contributed by atoms with Gasteiger partial charge in [0.25, 0.3) is 0 Å². The van der Waals surface area contributed by atoms with Gasteiger partial charge in [-0.25, -0.2) is 13.2 Å². The van der Waals surface area contributed by atoms with Gasteiger partial charge in [0.15, 0.2) is 0 Å². The maximum absolute atomic E-state index is 13.3. The number of thioether (sulfide) groups is 3. The van der Waals surface area contributed by atoms with E-state index in [2.05, 4.69) is 4.90 Å². The topological polar surface area (TPSA) is 192 Å². The van der Waals surface area contributed by atoms with Gasteiger partial charge in [-0.15, -0.1) is 0 Å². The molecule has 9 N–H and O–H groups in total. The number of aliphatic hydroxyl groups excluding tert-OH is 3. The summed E-state index contributed by atoms with van der Waals surface area (Å²) >= 11 is 22.0. The van der Waals surface area contributed by atoms with Crippen molar-refractivity contribution in [3.8, 4) is 45.6 Å². The third-order valence-corrected chi connectivity index (χ3v) is 23.2. The molecule has 9 atom stereocenters. The fourth-order valence-electron chi connectivity index (χ4n) is 13.1. The summed E-state index contributed by atoms with van der Waals surface area (Å²) in [5.41, 5.74) is 8.71. The number of rotatable bonds is 22. The van der Waals surface area contributed by atoms with E-state index >= 15 is 0 Å². The Hall–Kier alpha value is -8.61. The first kappa shape index (κ1) is 74.6. The van der Waals surface area contributed by atoms with Crippen LogP contribution in [0.3, 0.4) is 0 Å². The van der Waals surface area contributed by atoms with E-state index in [9.17, 15) is 59.1 Å². The molecule has 3 aliphatic heterocycles. The van der Waals surface area contributed by atoms with Crippen molar-refractivity contribution in [3.05, 3.63) is 293 Å². The van der Waals surface area contributed by atoms with Crippen molar-refractivity contribution in [2.45, 2.75) is 110 Å². The second-order valence-corrected chi connectivity index (χ2v) is 30.6. The Morgan fingerprint density at radius 1 is 0.324 bits per heavy atom. The summed E-state index contributed by atoms with van der Waals surface area (Å²) in [6, 6.07) is 68.6. The highest BCUT2D eigenvalue weighted by molar-refractivity contribution is 8.25. The number of nitrogens with zero attached hydrogens (tertiary/aromatic N) is 3. The van der Waals surface area contributed by atoms with E-state index in [1.807, 2.05) is 119 Å². The molecule has 12 nitrogen and oxygen atoms in total. The molecule has 0 spiro atoms. The summed E-state index contributed by atoms with van der Waals surface area (Å²) in [6.45, 7) is 0. The zero-order chi connectivity index (χ0) is 72.0. The van der Waals surface area contributed by atoms with Crippen LogP contribution in [-0.4, -0.2) is 74.7 Å². The Bertz CT molecular complexity index is 4290. The fraction of sp³-hybridized carbons (Fsp3) is 0.222. The third-order valence-electron chi connectivity index (χ3n) is 18.2. The van der Waals surface area contributed by atoms with Gasteiger partial charge in [0.2, 0.25) is 0 Å². The standard InChI is InChI=1S/C31H28FNO3S2.2C25H24FNO3S2/c32-23-15-12-20(13-16-23)27(35)10-5-11-29-30(33(31(37)38-29)24-7-2-1-3-8-24)26-17-14-22(19-28(26)36)21-6-4-9-25(34)18-21;2*26-17-11-9-16(10-12-17)21(29)7-4-8-23-24(20-14-13-19(28)15-22(20)30)27(25(31)32-23)18-5-2-1-3-6-18/h1-4,6-9,12-19,27,29-30,34-36H,5,10-11H2;2*1-3,5-6,9-15,21,23-24,28-30H,4,7-8H2/t;21?,23-,24-;21-,23-,24-/m.11/s1. The SMILES string of the molecule is Oc1ccc([C@@H]2[C@@H](CCCC(O)c3ccc(F)cc3)SC(=S)N2c2ccccc2)c(O)c1.Oc1ccc([C@@H]2[C@@H](CCC[C@@H](O)c3ccc(F)cc3)SC(=S)N2c2ccccc2)c(O)c1.Oc1cccc(-c2ccc(C3C(CCCC(O)c4ccc(F)cc4)SC(=S)N3c3ccccc3)c(O)c2)c1. The van der Waals surface area contributed by atoms with E-state index in [1.54, 1.807) is 120 Å². The molecule has 4 unspecified atom stereocenters. The molecule has 0 aliphatic carbocycles. The number of aromatic hydroxyl groups is 6. The van der Waals surface area contributed by atoms with Crippen LogP contribution in [0.1, 0.15) is 128 Å². The number of anilines is 3. The molecule has 526 valence electrons. The largest absolute Gasteiger partial charge is 0.508 e. The summed E-state index contributed by atoms with van der Waals surface area (Å²) < 4.78 is 41.7. The summed E-state index contributed by atoms with van der Waals surface area (Å²) in [4.78, 5) is 6.20. The minimum atomic E-state index is -0.674. The van der Waals surface area contributed by atoms with Crippen molar-refractivity contribution in [1.82, 2.24) is 0 Å². The van der Waals surface area contributed by atoms with Crippen LogP contribution in [0.2, 0.25) is 0 Å². The zero-order valence-corrected chi connectivity index (χ0v) is 60.0. The molecule has 3 aliphatic rings. The number of benzene rings is 10. The lowest BCUT2D eigenvalue weighted by Crippen LogP contribution is -2.29. The van der Waals surface area contributed by atoms with Gasteiger partial charge in [0.05, 0.1) is 36.4 Å². The average Bonchev–Trinajstić information content (AvgIpc) is 1.61. The molecule has 10 aromatic rings. The van der Waals surface area contributed by atoms with Crippen LogP contribution in [0.15, 0.2) is 243 Å². The molecule has 3 saturated heterocycles. The Morgan fingerprint density at radius 3 is 0.922 bits per heavy atom. The van der Waals surface area contributed by atoms with Gasteiger partial charge in [-0.1, -0.05) is 187 Å². The maximum Gasteiger partial charge on any atom is 0.141 e. The number of para-hydroxylation sites is 3. The molecule has 0 radical (unpaired) electrons. The molecule has 21 heteroatoms. The molecular formula is C81H76F3N3O9S6. The van der Waals surface area contributed by atoms with Crippen molar-refractivity contribution in [3.63, 3.8) is 0 Å². The fourth-order valence-corrected chi connectivity index (χ4v) is 18.7. The van der Waals surface area contributed by atoms with E-state index in [1.165, 1.54) is 48.5 Å². The lowest BCUT2D eigenvalue weighted by molar-refractivity contribution is 0.163. The molecule has 102 heavy (non-hydrogen) atoms. The molecule has 10 aromatic carbocycles. The quantitative estimate of drug-likeness (QED) is 0.0291. The number of aliphatic hydroxyl groups is 3. The summed E-state index contributed by atoms with van der Waals surface area (Å²) in [5.74, 6) is -0.580. The second kappa shape index (κ2) is 35.0. The predicted octanol–water partition coefficient (Wildman–Crippen LogP) is 19.9. The molecule has 0 amide bonds. The lowest BCUT2D eigenvalue weighted by atomic mass is 9.93. The van der Waals surface area contributed by atoms with E-state index in [-0.39, 0.29) is 85.8 Å². The molecular weight excluding hydrogens is 1410 g/mol. The molecule has 3 fully saturated rings. The first-order valence-electron chi connectivity index (χ1n) is 33.4. The highest BCUT2D eigenvalue weighted by Gasteiger charge is 2.44. The molecule has 0 bridgehead atoms. The van der Waals surface area contributed by atoms with Crippen LogP contribution in [0, 0.1) is 17.5 Å². The van der Waals surface area contributed by atoms with Crippen LogP contribution in [0.5, 0.6) is 34.5 Å². The number of hydrogen-bond donors (Lipinski definition) is 9. The monoisotopic (exact) mass is 1480 g/mol. The Balaban J connectivity index is 0.000000155. The minimum absolute atomic E-state index is 0.00436. The number of halogens is 3. The Labute approximate surface area is 620 Å². The summed E-state index contributed by atoms with van der Waals surface area (Å²) in [5, 5.41) is 93.6. The first-order valence-corrected chi connectivity index (χ1v) is 37.3. The predicted molar refractivity (Wildman–Crippen MR) is 417 cm³/mol.